The number of benzene rings is 1. The molecule has 1 aromatic rings. The van der Waals surface area contributed by atoms with Crippen LogP contribution in [-0.4, -0.2) is 24.8 Å². The molecule has 3 rings (SSSR count). The molecule has 3 nitrogen and oxygen atoms in total. The van der Waals surface area contributed by atoms with Gasteiger partial charge in [0.2, 0.25) is 10.0 Å². The standard InChI is InChI=1S/C12H13Cl2NO2S/c13-8-5-6-12(9(14)7-8)18(16,17)15-10-3-1-2-4-11(10)15/h5-7,10-11H,1-4H2. The van der Waals surface area contributed by atoms with Gasteiger partial charge in [0.25, 0.3) is 0 Å². The number of hydrogen-bond donors (Lipinski definition) is 0. The number of rotatable bonds is 2. The molecule has 0 radical (unpaired) electrons. The summed E-state index contributed by atoms with van der Waals surface area (Å²) in [4.78, 5) is 0.169. The van der Waals surface area contributed by atoms with Crippen molar-refractivity contribution in [2.24, 2.45) is 0 Å². The van der Waals surface area contributed by atoms with E-state index in [1.807, 2.05) is 0 Å². The van der Waals surface area contributed by atoms with Gasteiger partial charge in [0.15, 0.2) is 0 Å². The molecule has 0 aromatic heterocycles. The van der Waals surface area contributed by atoms with Crippen LogP contribution in [-0.2, 0) is 10.0 Å². The van der Waals surface area contributed by atoms with E-state index in [0.717, 1.165) is 25.7 Å². The van der Waals surface area contributed by atoms with Crippen molar-refractivity contribution >= 4 is 33.2 Å². The fourth-order valence-corrected chi connectivity index (χ4v) is 5.43. The summed E-state index contributed by atoms with van der Waals surface area (Å²) < 4.78 is 26.6. The lowest BCUT2D eigenvalue weighted by atomic mass is 10.0. The molecule has 0 N–H and O–H groups in total. The van der Waals surface area contributed by atoms with Crippen LogP contribution in [0.2, 0.25) is 10.0 Å². The molecule has 98 valence electrons. The van der Waals surface area contributed by atoms with Crippen molar-refractivity contribution in [3.05, 3.63) is 28.2 Å². The zero-order chi connectivity index (χ0) is 12.9. The fraction of sp³-hybridized carbons (Fsp3) is 0.500. The lowest BCUT2D eigenvalue weighted by Crippen LogP contribution is -2.16. The summed E-state index contributed by atoms with van der Waals surface area (Å²) in [5.74, 6) is 0. The first-order valence-corrected chi connectivity index (χ1v) is 8.20. The van der Waals surface area contributed by atoms with Gasteiger partial charge in [-0.25, -0.2) is 8.42 Å². The van der Waals surface area contributed by atoms with Crippen LogP contribution in [0.5, 0.6) is 0 Å². The summed E-state index contributed by atoms with van der Waals surface area (Å²) in [6.07, 6.45) is 4.16. The molecule has 2 unspecified atom stereocenters. The first-order chi connectivity index (χ1) is 8.51. The third-order valence-corrected chi connectivity index (χ3v) is 6.38. The van der Waals surface area contributed by atoms with Gasteiger partial charge in [-0.05, 0) is 31.0 Å². The van der Waals surface area contributed by atoms with Crippen LogP contribution in [0.4, 0.5) is 0 Å². The molecule has 1 saturated carbocycles. The molecular weight excluding hydrogens is 293 g/mol. The highest BCUT2D eigenvalue weighted by molar-refractivity contribution is 7.89. The molecule has 0 amide bonds. The molecule has 0 bridgehead atoms. The van der Waals surface area contributed by atoms with Crippen molar-refractivity contribution < 1.29 is 8.42 Å². The Labute approximate surface area is 117 Å². The number of sulfonamides is 1. The predicted molar refractivity (Wildman–Crippen MR) is 71.5 cm³/mol. The first-order valence-electron chi connectivity index (χ1n) is 6.00. The van der Waals surface area contributed by atoms with Gasteiger partial charge in [0, 0.05) is 17.1 Å². The minimum atomic E-state index is -3.45. The second-order valence-electron chi connectivity index (χ2n) is 4.83. The van der Waals surface area contributed by atoms with Crippen LogP contribution in [0.25, 0.3) is 0 Å². The summed E-state index contributed by atoms with van der Waals surface area (Å²) in [5, 5.41) is 0.647. The van der Waals surface area contributed by atoms with Crippen LogP contribution < -0.4 is 0 Å². The number of nitrogens with zero attached hydrogens (tertiary/aromatic N) is 1. The Bertz CT molecular complexity index is 576. The Balaban J connectivity index is 1.96. The highest BCUT2D eigenvalue weighted by Crippen LogP contribution is 2.45. The van der Waals surface area contributed by atoms with E-state index in [1.54, 1.807) is 10.4 Å². The Kier molecular flexibility index (Phi) is 3.09. The van der Waals surface area contributed by atoms with Gasteiger partial charge in [-0.15, -0.1) is 0 Å². The van der Waals surface area contributed by atoms with Gasteiger partial charge in [-0.3, -0.25) is 0 Å². The van der Waals surface area contributed by atoms with Crippen molar-refractivity contribution in [2.45, 2.75) is 42.7 Å². The summed E-state index contributed by atoms with van der Waals surface area (Å²) in [6, 6.07) is 4.91. The van der Waals surface area contributed by atoms with Gasteiger partial charge in [-0.1, -0.05) is 36.0 Å². The van der Waals surface area contributed by atoms with Crippen LogP contribution in [0.3, 0.4) is 0 Å². The second-order valence-corrected chi connectivity index (χ2v) is 7.48. The predicted octanol–water partition coefficient (Wildman–Crippen LogP) is 3.31. The summed E-state index contributed by atoms with van der Waals surface area (Å²) in [7, 11) is -3.45. The molecule has 6 heteroatoms. The van der Waals surface area contributed by atoms with Crippen LogP contribution in [0.15, 0.2) is 23.1 Å². The van der Waals surface area contributed by atoms with E-state index in [1.165, 1.54) is 12.1 Å². The molecule has 1 saturated heterocycles. The maximum Gasteiger partial charge on any atom is 0.245 e. The number of hydrogen-bond acceptors (Lipinski definition) is 2. The van der Waals surface area contributed by atoms with Crippen molar-refractivity contribution in [1.82, 2.24) is 4.31 Å². The Morgan fingerprint density at radius 2 is 1.72 bits per heavy atom. The van der Waals surface area contributed by atoms with Gasteiger partial charge < -0.3 is 0 Å². The van der Waals surface area contributed by atoms with E-state index >= 15 is 0 Å². The maximum atomic E-state index is 12.5. The van der Waals surface area contributed by atoms with Crippen molar-refractivity contribution in [3.8, 4) is 0 Å². The molecule has 18 heavy (non-hydrogen) atoms. The Morgan fingerprint density at radius 3 is 2.28 bits per heavy atom. The largest absolute Gasteiger partial charge is 0.245 e. The molecular formula is C12H13Cl2NO2S. The molecule has 1 heterocycles. The van der Waals surface area contributed by atoms with E-state index in [2.05, 4.69) is 0 Å². The van der Waals surface area contributed by atoms with E-state index in [9.17, 15) is 8.42 Å². The maximum absolute atomic E-state index is 12.5. The van der Waals surface area contributed by atoms with Crippen LogP contribution >= 0.6 is 23.2 Å². The van der Waals surface area contributed by atoms with E-state index in [0.29, 0.717) is 5.02 Å². The minimum absolute atomic E-state index is 0.169. The average molecular weight is 306 g/mol. The van der Waals surface area contributed by atoms with Gasteiger partial charge in [0.1, 0.15) is 4.90 Å². The number of halogens is 2. The summed E-state index contributed by atoms with van der Waals surface area (Å²) in [6.45, 7) is 0. The molecule has 2 atom stereocenters. The zero-order valence-electron chi connectivity index (χ0n) is 9.64. The molecule has 1 aromatic carbocycles. The van der Waals surface area contributed by atoms with Gasteiger partial charge >= 0.3 is 0 Å². The quantitative estimate of drug-likeness (QED) is 0.786. The summed E-state index contributed by atoms with van der Waals surface area (Å²) >= 11 is 11.8. The first kappa shape index (κ1) is 12.7. The topological polar surface area (TPSA) is 37.1 Å². The van der Waals surface area contributed by atoms with Crippen molar-refractivity contribution in [1.29, 1.82) is 0 Å². The van der Waals surface area contributed by atoms with E-state index < -0.39 is 10.0 Å². The normalized spacial score (nSPS) is 30.9. The molecule has 0 spiro atoms. The van der Waals surface area contributed by atoms with E-state index in [-0.39, 0.29) is 22.0 Å². The highest BCUT2D eigenvalue weighted by atomic mass is 35.5. The molecule has 1 aliphatic heterocycles. The third-order valence-electron chi connectivity index (χ3n) is 3.71. The van der Waals surface area contributed by atoms with E-state index in [4.69, 9.17) is 23.2 Å². The van der Waals surface area contributed by atoms with Crippen LogP contribution in [0.1, 0.15) is 25.7 Å². The van der Waals surface area contributed by atoms with Crippen molar-refractivity contribution in [3.63, 3.8) is 0 Å². The van der Waals surface area contributed by atoms with Gasteiger partial charge in [-0.2, -0.15) is 4.31 Å². The Hall–Kier alpha value is -0.290. The molecule has 2 aliphatic rings. The highest BCUT2D eigenvalue weighted by Gasteiger charge is 2.55. The monoisotopic (exact) mass is 305 g/mol. The zero-order valence-corrected chi connectivity index (χ0v) is 12.0. The van der Waals surface area contributed by atoms with Crippen LogP contribution in [0, 0.1) is 0 Å². The Morgan fingerprint density at radius 1 is 1.11 bits per heavy atom. The average Bonchev–Trinajstić information content (AvgIpc) is 3.02. The minimum Gasteiger partial charge on any atom is -0.207 e. The fourth-order valence-electron chi connectivity index (χ4n) is 2.81. The second kappa shape index (κ2) is 4.37. The molecule has 1 aliphatic carbocycles. The molecule has 2 fully saturated rings. The summed E-state index contributed by atoms with van der Waals surface area (Å²) in [5.41, 5.74) is 0. The lowest BCUT2D eigenvalue weighted by molar-refractivity contribution is 0.545. The smallest absolute Gasteiger partial charge is 0.207 e. The van der Waals surface area contributed by atoms with Crippen molar-refractivity contribution in [2.75, 3.05) is 0 Å². The SMILES string of the molecule is O=S(=O)(c1ccc(Cl)cc1Cl)N1C2CCCCC21. The number of fused-ring (bicyclic) bond motifs is 1. The lowest BCUT2D eigenvalue weighted by Gasteiger charge is -2.08. The van der Waals surface area contributed by atoms with Gasteiger partial charge in [0.05, 0.1) is 5.02 Å². The third kappa shape index (κ3) is 1.95.